The Bertz CT molecular complexity index is 182. The molecular weight excluding hydrogens is 240 g/mol. The Kier molecular flexibility index (Phi) is 14.0. The van der Waals surface area contributed by atoms with Crippen LogP contribution in [0.15, 0.2) is 0 Å². The predicted molar refractivity (Wildman–Crippen MR) is 94.2 cm³/mol. The van der Waals surface area contributed by atoms with E-state index >= 15 is 0 Å². The summed E-state index contributed by atoms with van der Waals surface area (Å²) in [5.74, 6) is 2.72. The molecule has 0 rings (SSSR count). The summed E-state index contributed by atoms with van der Waals surface area (Å²) in [4.78, 5) is 0. The third-order valence-electron chi connectivity index (χ3n) is 4.93. The number of unbranched alkanes of at least 4 members (excludes halogenated alkanes) is 8. The summed E-state index contributed by atoms with van der Waals surface area (Å²) >= 11 is 0. The summed E-state index contributed by atoms with van der Waals surface area (Å²) in [5.41, 5.74) is 0. The van der Waals surface area contributed by atoms with Crippen LogP contribution in [-0.4, -0.2) is 0 Å². The highest BCUT2D eigenvalue weighted by atomic mass is 14.2. The molecule has 0 spiro atoms. The Morgan fingerprint density at radius 1 is 0.500 bits per heavy atom. The van der Waals surface area contributed by atoms with Gasteiger partial charge < -0.3 is 0 Å². The molecule has 0 bridgehead atoms. The molecule has 0 aliphatic rings. The van der Waals surface area contributed by atoms with E-state index in [4.69, 9.17) is 0 Å². The molecule has 0 aromatic heterocycles. The molecule has 0 heteroatoms. The van der Waals surface area contributed by atoms with E-state index < -0.39 is 0 Å². The first-order valence-corrected chi connectivity index (χ1v) is 9.57. The Morgan fingerprint density at radius 3 is 1.45 bits per heavy atom. The maximum absolute atomic E-state index is 2.47. The molecule has 0 amide bonds. The maximum Gasteiger partial charge on any atom is -0.0417 e. The first-order chi connectivity index (χ1) is 9.57. The van der Waals surface area contributed by atoms with Gasteiger partial charge in [-0.15, -0.1) is 0 Å². The molecule has 0 N–H and O–H groups in total. The van der Waals surface area contributed by atoms with E-state index in [9.17, 15) is 0 Å². The van der Waals surface area contributed by atoms with Crippen LogP contribution >= 0.6 is 0 Å². The van der Waals surface area contributed by atoms with Crippen molar-refractivity contribution in [3.8, 4) is 0 Å². The molecule has 0 saturated heterocycles. The van der Waals surface area contributed by atoms with Crippen molar-refractivity contribution in [2.75, 3.05) is 0 Å². The van der Waals surface area contributed by atoms with Gasteiger partial charge in [-0.3, -0.25) is 0 Å². The third-order valence-corrected chi connectivity index (χ3v) is 4.93. The standard InChI is InChI=1S/C20H42/c1-6-7-8-9-10-11-12-13-14-15-19(4)20(5)17-16-18(2)3/h18-20H,6-17H2,1-5H3. The minimum absolute atomic E-state index is 0.873. The molecule has 122 valence electrons. The second-order valence-corrected chi connectivity index (χ2v) is 7.54. The first kappa shape index (κ1) is 20.0. The summed E-state index contributed by atoms with van der Waals surface area (Å²) < 4.78 is 0. The lowest BCUT2D eigenvalue weighted by molar-refractivity contribution is 0.312. The van der Waals surface area contributed by atoms with Crippen molar-refractivity contribution in [2.45, 2.75) is 112 Å². The summed E-state index contributed by atoms with van der Waals surface area (Å²) in [6, 6.07) is 0. The van der Waals surface area contributed by atoms with E-state index in [2.05, 4.69) is 34.6 Å². The van der Waals surface area contributed by atoms with Crippen molar-refractivity contribution in [3.05, 3.63) is 0 Å². The normalized spacial score (nSPS) is 14.7. The van der Waals surface area contributed by atoms with E-state index in [1.165, 1.54) is 77.0 Å². The minimum atomic E-state index is 0.873. The molecule has 0 saturated carbocycles. The number of hydrogen-bond acceptors (Lipinski definition) is 0. The van der Waals surface area contributed by atoms with E-state index in [-0.39, 0.29) is 0 Å². The lowest BCUT2D eigenvalue weighted by Gasteiger charge is -2.20. The second-order valence-electron chi connectivity index (χ2n) is 7.54. The molecule has 0 aliphatic carbocycles. The summed E-state index contributed by atoms with van der Waals surface area (Å²) in [6.45, 7) is 11.9. The van der Waals surface area contributed by atoms with Gasteiger partial charge in [-0.2, -0.15) is 0 Å². The van der Waals surface area contributed by atoms with Crippen LogP contribution in [0.1, 0.15) is 112 Å². The van der Waals surface area contributed by atoms with Gasteiger partial charge in [0.1, 0.15) is 0 Å². The number of rotatable bonds is 14. The lowest BCUT2D eigenvalue weighted by Crippen LogP contribution is -2.09. The van der Waals surface area contributed by atoms with Gasteiger partial charge in [-0.1, -0.05) is 112 Å². The number of hydrogen-bond donors (Lipinski definition) is 0. The zero-order chi connectivity index (χ0) is 15.2. The highest BCUT2D eigenvalue weighted by Gasteiger charge is 2.12. The largest absolute Gasteiger partial charge is 0.0654 e. The van der Waals surface area contributed by atoms with Gasteiger partial charge in [0, 0.05) is 0 Å². The molecule has 0 fully saturated rings. The Labute approximate surface area is 130 Å². The first-order valence-electron chi connectivity index (χ1n) is 9.57. The lowest BCUT2D eigenvalue weighted by atomic mass is 9.86. The highest BCUT2D eigenvalue weighted by molar-refractivity contribution is 4.63. The van der Waals surface area contributed by atoms with Crippen molar-refractivity contribution < 1.29 is 0 Å². The van der Waals surface area contributed by atoms with Gasteiger partial charge in [0.15, 0.2) is 0 Å². The highest BCUT2D eigenvalue weighted by Crippen LogP contribution is 2.24. The van der Waals surface area contributed by atoms with Crippen LogP contribution in [0, 0.1) is 17.8 Å². The topological polar surface area (TPSA) is 0 Å². The van der Waals surface area contributed by atoms with Crippen molar-refractivity contribution in [1.29, 1.82) is 0 Å². The Hall–Kier alpha value is 0. The fraction of sp³-hybridized carbons (Fsp3) is 1.00. The van der Waals surface area contributed by atoms with Gasteiger partial charge in [0.05, 0.1) is 0 Å². The van der Waals surface area contributed by atoms with Crippen molar-refractivity contribution in [3.63, 3.8) is 0 Å². The molecule has 0 heterocycles. The monoisotopic (exact) mass is 282 g/mol. The van der Waals surface area contributed by atoms with Crippen LogP contribution in [0.25, 0.3) is 0 Å². The third kappa shape index (κ3) is 13.0. The van der Waals surface area contributed by atoms with Gasteiger partial charge in [0.2, 0.25) is 0 Å². The molecule has 2 atom stereocenters. The van der Waals surface area contributed by atoms with Crippen molar-refractivity contribution in [1.82, 2.24) is 0 Å². The molecular formula is C20H42. The van der Waals surface area contributed by atoms with Crippen LogP contribution in [0.4, 0.5) is 0 Å². The molecule has 2 unspecified atom stereocenters. The summed E-state index contributed by atoms with van der Waals surface area (Å²) in [6.07, 6.45) is 17.4. The SMILES string of the molecule is CCCCCCCCCCCC(C)C(C)CCC(C)C. The summed E-state index contributed by atoms with van der Waals surface area (Å²) in [5, 5.41) is 0. The smallest absolute Gasteiger partial charge is 0.0417 e. The van der Waals surface area contributed by atoms with E-state index in [1.54, 1.807) is 0 Å². The molecule has 0 aromatic carbocycles. The molecule has 20 heavy (non-hydrogen) atoms. The van der Waals surface area contributed by atoms with E-state index in [1.807, 2.05) is 0 Å². The van der Waals surface area contributed by atoms with Crippen molar-refractivity contribution >= 4 is 0 Å². The van der Waals surface area contributed by atoms with Gasteiger partial charge in [-0.05, 0) is 17.8 Å². The quantitative estimate of drug-likeness (QED) is 0.287. The Morgan fingerprint density at radius 2 is 0.950 bits per heavy atom. The predicted octanol–water partition coefficient (Wildman–Crippen LogP) is 7.62. The molecule has 0 nitrogen and oxygen atoms in total. The zero-order valence-corrected chi connectivity index (χ0v) is 15.2. The van der Waals surface area contributed by atoms with Crippen LogP contribution in [0.2, 0.25) is 0 Å². The Balaban J connectivity index is 3.32. The minimum Gasteiger partial charge on any atom is -0.0654 e. The average molecular weight is 283 g/mol. The van der Waals surface area contributed by atoms with Gasteiger partial charge >= 0.3 is 0 Å². The maximum atomic E-state index is 2.47. The van der Waals surface area contributed by atoms with Gasteiger partial charge in [-0.25, -0.2) is 0 Å². The molecule has 0 aromatic rings. The van der Waals surface area contributed by atoms with Crippen molar-refractivity contribution in [2.24, 2.45) is 17.8 Å². The van der Waals surface area contributed by atoms with E-state index in [0.29, 0.717) is 0 Å². The second kappa shape index (κ2) is 14.0. The summed E-state index contributed by atoms with van der Waals surface area (Å²) in [7, 11) is 0. The fourth-order valence-electron chi connectivity index (χ4n) is 2.94. The molecule has 0 aliphatic heterocycles. The van der Waals surface area contributed by atoms with Crippen LogP contribution < -0.4 is 0 Å². The molecule has 0 radical (unpaired) electrons. The fourth-order valence-corrected chi connectivity index (χ4v) is 2.94. The van der Waals surface area contributed by atoms with Crippen LogP contribution in [-0.2, 0) is 0 Å². The van der Waals surface area contributed by atoms with Crippen LogP contribution in [0.3, 0.4) is 0 Å². The zero-order valence-electron chi connectivity index (χ0n) is 15.2. The van der Waals surface area contributed by atoms with Crippen LogP contribution in [0.5, 0.6) is 0 Å². The van der Waals surface area contributed by atoms with Gasteiger partial charge in [0.25, 0.3) is 0 Å². The van der Waals surface area contributed by atoms with E-state index in [0.717, 1.165) is 17.8 Å². The average Bonchev–Trinajstić information content (AvgIpc) is 2.42.